The van der Waals surface area contributed by atoms with Crippen LogP contribution in [0.4, 0.5) is 0 Å². The summed E-state index contributed by atoms with van der Waals surface area (Å²) in [5, 5.41) is 0.281. The molecule has 0 aromatic carbocycles. The molecular weight excluding hydrogens is 236 g/mol. The van der Waals surface area contributed by atoms with E-state index in [9.17, 15) is 0 Å². The second-order valence-electron chi connectivity index (χ2n) is 7.29. The van der Waals surface area contributed by atoms with Gasteiger partial charge >= 0.3 is 0 Å². The summed E-state index contributed by atoms with van der Waals surface area (Å²) >= 11 is 0. The van der Waals surface area contributed by atoms with Crippen LogP contribution >= 0.6 is 0 Å². The van der Waals surface area contributed by atoms with Crippen molar-refractivity contribution in [3.05, 3.63) is 12.2 Å². The van der Waals surface area contributed by atoms with Gasteiger partial charge in [-0.1, -0.05) is 46.8 Å². The Morgan fingerprint density at radius 2 is 1.67 bits per heavy atom. The SMILES string of the molecule is C#CCC(C)(C)C/C=C/CO[Si](C)(C)C(C)(C)C. The molecule has 0 rings (SSSR count). The van der Waals surface area contributed by atoms with Crippen LogP contribution < -0.4 is 0 Å². The highest BCUT2D eigenvalue weighted by atomic mass is 28.4. The Morgan fingerprint density at radius 1 is 1.11 bits per heavy atom. The molecule has 0 N–H and O–H groups in total. The Kier molecular flexibility index (Phi) is 6.40. The first-order chi connectivity index (χ1) is 8.02. The summed E-state index contributed by atoms with van der Waals surface area (Å²) in [5.74, 6) is 2.73. The molecule has 0 aliphatic rings. The number of hydrogen-bond acceptors (Lipinski definition) is 1. The molecule has 18 heavy (non-hydrogen) atoms. The van der Waals surface area contributed by atoms with E-state index in [1.807, 2.05) is 0 Å². The zero-order chi connectivity index (χ0) is 14.4. The van der Waals surface area contributed by atoms with Gasteiger partial charge in [-0.15, -0.1) is 12.3 Å². The molecule has 0 fully saturated rings. The van der Waals surface area contributed by atoms with Crippen LogP contribution in [0.5, 0.6) is 0 Å². The normalized spacial score (nSPS) is 13.9. The van der Waals surface area contributed by atoms with Crippen molar-refractivity contribution in [1.29, 1.82) is 0 Å². The minimum Gasteiger partial charge on any atom is -0.413 e. The Hall–Kier alpha value is -0.523. The van der Waals surface area contributed by atoms with Crippen molar-refractivity contribution in [1.82, 2.24) is 0 Å². The molecule has 104 valence electrons. The molecule has 0 aromatic rings. The van der Waals surface area contributed by atoms with Gasteiger partial charge in [-0.2, -0.15) is 0 Å². The van der Waals surface area contributed by atoms with Gasteiger partial charge in [0, 0.05) is 6.42 Å². The van der Waals surface area contributed by atoms with Gasteiger partial charge in [-0.05, 0) is 30.0 Å². The molecule has 0 heterocycles. The molecule has 0 spiro atoms. The molecule has 0 unspecified atom stereocenters. The zero-order valence-electron chi connectivity index (χ0n) is 13.3. The third kappa shape index (κ3) is 6.42. The van der Waals surface area contributed by atoms with Crippen molar-refractivity contribution >= 4 is 8.32 Å². The fourth-order valence-corrected chi connectivity index (χ4v) is 2.24. The van der Waals surface area contributed by atoms with Crippen molar-refractivity contribution in [2.45, 2.75) is 65.6 Å². The van der Waals surface area contributed by atoms with Gasteiger partial charge in [0.1, 0.15) is 0 Å². The summed E-state index contributed by atoms with van der Waals surface area (Å²) < 4.78 is 6.08. The fourth-order valence-electron chi connectivity index (χ4n) is 1.29. The van der Waals surface area contributed by atoms with E-state index in [4.69, 9.17) is 10.8 Å². The lowest BCUT2D eigenvalue weighted by Crippen LogP contribution is -2.40. The minimum atomic E-state index is -1.60. The molecule has 0 saturated heterocycles. The van der Waals surface area contributed by atoms with E-state index in [0.717, 1.165) is 19.4 Å². The topological polar surface area (TPSA) is 9.23 Å². The third-order valence-corrected chi connectivity index (χ3v) is 8.27. The summed E-state index contributed by atoms with van der Waals surface area (Å²) in [4.78, 5) is 0. The number of rotatable bonds is 6. The van der Waals surface area contributed by atoms with Gasteiger partial charge in [-0.25, -0.2) is 0 Å². The lowest BCUT2D eigenvalue weighted by atomic mass is 9.86. The summed E-state index contributed by atoms with van der Waals surface area (Å²) in [6.45, 7) is 16.5. The molecule has 0 radical (unpaired) electrons. The van der Waals surface area contributed by atoms with E-state index < -0.39 is 8.32 Å². The summed E-state index contributed by atoms with van der Waals surface area (Å²) in [6, 6.07) is 0. The first-order valence-corrected chi connectivity index (χ1v) is 9.65. The Bertz CT molecular complexity index is 313. The molecule has 0 aliphatic heterocycles. The summed E-state index contributed by atoms with van der Waals surface area (Å²) in [5.41, 5.74) is 0.197. The predicted molar refractivity (Wildman–Crippen MR) is 84.1 cm³/mol. The number of allylic oxidation sites excluding steroid dienone is 1. The van der Waals surface area contributed by atoms with Crippen molar-refractivity contribution in [3.8, 4) is 12.3 Å². The molecule has 0 amide bonds. The van der Waals surface area contributed by atoms with Crippen molar-refractivity contribution in [3.63, 3.8) is 0 Å². The lowest BCUT2D eigenvalue weighted by Gasteiger charge is -2.35. The largest absolute Gasteiger partial charge is 0.413 e. The molecule has 0 bridgehead atoms. The average Bonchev–Trinajstić information content (AvgIpc) is 2.14. The molecular formula is C16H30OSi. The number of terminal acetylenes is 1. The zero-order valence-corrected chi connectivity index (χ0v) is 14.3. The van der Waals surface area contributed by atoms with Crippen LogP contribution in [0.2, 0.25) is 18.1 Å². The Balaban J connectivity index is 4.11. The third-order valence-electron chi connectivity index (χ3n) is 3.76. The summed E-state index contributed by atoms with van der Waals surface area (Å²) in [6.07, 6.45) is 11.5. The Labute approximate surface area is 115 Å². The van der Waals surface area contributed by atoms with E-state index in [1.54, 1.807) is 0 Å². The van der Waals surface area contributed by atoms with Crippen LogP contribution in [0.25, 0.3) is 0 Å². The maximum Gasteiger partial charge on any atom is 0.192 e. The van der Waals surface area contributed by atoms with Gasteiger partial charge in [0.2, 0.25) is 0 Å². The average molecular weight is 267 g/mol. The standard InChI is InChI=1S/C16H30OSi/c1-9-12-16(5,6)13-10-11-14-17-18(7,8)15(2,3)4/h1,10-11H,12-14H2,2-8H3/b11-10+. The molecule has 0 saturated carbocycles. The molecule has 0 aliphatic carbocycles. The molecule has 1 nitrogen and oxygen atoms in total. The maximum atomic E-state index is 6.08. The van der Waals surface area contributed by atoms with Crippen LogP contribution in [0.1, 0.15) is 47.5 Å². The van der Waals surface area contributed by atoms with Crippen LogP contribution in [0, 0.1) is 17.8 Å². The highest BCUT2D eigenvalue weighted by molar-refractivity contribution is 6.74. The smallest absolute Gasteiger partial charge is 0.192 e. The van der Waals surface area contributed by atoms with Gasteiger partial charge < -0.3 is 4.43 Å². The molecule has 0 aromatic heterocycles. The number of hydrogen-bond donors (Lipinski definition) is 0. The predicted octanol–water partition coefficient (Wildman–Crippen LogP) is 5.00. The van der Waals surface area contributed by atoms with Gasteiger partial charge in [0.25, 0.3) is 0 Å². The maximum absolute atomic E-state index is 6.08. The quantitative estimate of drug-likeness (QED) is 0.373. The minimum absolute atomic E-state index is 0.197. The molecule has 0 atom stereocenters. The van der Waals surface area contributed by atoms with Gasteiger partial charge in [0.05, 0.1) is 6.61 Å². The van der Waals surface area contributed by atoms with Crippen molar-refractivity contribution < 1.29 is 4.43 Å². The van der Waals surface area contributed by atoms with E-state index in [-0.39, 0.29) is 10.5 Å². The van der Waals surface area contributed by atoms with Crippen LogP contribution in [-0.2, 0) is 4.43 Å². The highest BCUT2D eigenvalue weighted by Crippen LogP contribution is 2.36. The van der Waals surface area contributed by atoms with Crippen molar-refractivity contribution in [2.24, 2.45) is 5.41 Å². The van der Waals surface area contributed by atoms with Gasteiger partial charge in [-0.3, -0.25) is 0 Å². The van der Waals surface area contributed by atoms with Crippen LogP contribution in [0.15, 0.2) is 12.2 Å². The highest BCUT2D eigenvalue weighted by Gasteiger charge is 2.36. The monoisotopic (exact) mass is 266 g/mol. The lowest BCUT2D eigenvalue weighted by molar-refractivity contribution is 0.326. The van der Waals surface area contributed by atoms with Crippen molar-refractivity contribution in [2.75, 3.05) is 6.61 Å². The van der Waals surface area contributed by atoms with Crippen LogP contribution in [-0.4, -0.2) is 14.9 Å². The van der Waals surface area contributed by atoms with E-state index >= 15 is 0 Å². The second-order valence-corrected chi connectivity index (χ2v) is 12.1. The molecule has 2 heteroatoms. The first-order valence-electron chi connectivity index (χ1n) is 6.74. The van der Waals surface area contributed by atoms with E-state index in [1.165, 1.54) is 0 Å². The van der Waals surface area contributed by atoms with Crippen LogP contribution in [0.3, 0.4) is 0 Å². The Morgan fingerprint density at radius 3 is 2.11 bits per heavy atom. The van der Waals surface area contributed by atoms with E-state index in [2.05, 4.69) is 65.8 Å². The second kappa shape index (κ2) is 6.59. The van der Waals surface area contributed by atoms with Gasteiger partial charge in [0.15, 0.2) is 8.32 Å². The summed E-state index contributed by atoms with van der Waals surface area (Å²) in [7, 11) is -1.60. The first kappa shape index (κ1) is 17.5. The fraction of sp³-hybridized carbons (Fsp3) is 0.750. The van der Waals surface area contributed by atoms with E-state index in [0.29, 0.717) is 0 Å².